The highest BCUT2D eigenvalue weighted by atomic mass is 35.5. The SMILES string of the molecule is CCCC1CCN(CCCCC(=O)c2cc(Cl)c(N)cc2OC)CC1. The molecule has 0 atom stereocenters. The van der Waals surface area contributed by atoms with Crippen LogP contribution in [0.4, 0.5) is 5.69 Å². The van der Waals surface area contributed by atoms with E-state index in [1.165, 1.54) is 38.8 Å². The van der Waals surface area contributed by atoms with Gasteiger partial charge in [0.05, 0.1) is 23.4 Å². The molecule has 5 heteroatoms. The summed E-state index contributed by atoms with van der Waals surface area (Å²) in [6.07, 6.45) is 7.78. The van der Waals surface area contributed by atoms with E-state index in [1.807, 2.05) is 0 Å². The Balaban J connectivity index is 1.74. The van der Waals surface area contributed by atoms with Crippen LogP contribution in [-0.4, -0.2) is 37.4 Å². The number of likely N-dealkylation sites (tertiary alicyclic amines) is 1. The van der Waals surface area contributed by atoms with Gasteiger partial charge in [0.25, 0.3) is 0 Å². The first kappa shape index (κ1) is 20.1. The zero-order valence-corrected chi connectivity index (χ0v) is 16.3. The number of hydrogen-bond donors (Lipinski definition) is 1. The number of carbonyl (C=O) groups excluding carboxylic acids is 1. The van der Waals surface area contributed by atoms with Crippen LogP contribution in [0.3, 0.4) is 0 Å². The maximum absolute atomic E-state index is 12.5. The number of hydrogen-bond acceptors (Lipinski definition) is 4. The summed E-state index contributed by atoms with van der Waals surface area (Å²) in [5, 5.41) is 0.402. The van der Waals surface area contributed by atoms with Gasteiger partial charge < -0.3 is 15.4 Å². The first-order valence-corrected chi connectivity index (χ1v) is 9.81. The summed E-state index contributed by atoms with van der Waals surface area (Å²) in [5.74, 6) is 1.50. The van der Waals surface area contributed by atoms with Gasteiger partial charge in [0.1, 0.15) is 5.75 Å². The molecule has 2 N–H and O–H groups in total. The molecular formula is C20H31ClN2O2. The van der Waals surface area contributed by atoms with Gasteiger partial charge in [0.2, 0.25) is 0 Å². The minimum atomic E-state index is 0.0698. The first-order valence-electron chi connectivity index (χ1n) is 9.43. The van der Waals surface area contributed by atoms with Crippen molar-refractivity contribution >= 4 is 23.1 Å². The predicted octanol–water partition coefficient (Wildman–Crippen LogP) is 4.80. The van der Waals surface area contributed by atoms with Crippen molar-refractivity contribution < 1.29 is 9.53 Å². The third kappa shape index (κ3) is 5.89. The summed E-state index contributed by atoms with van der Waals surface area (Å²) < 4.78 is 5.27. The van der Waals surface area contributed by atoms with Crippen molar-refractivity contribution in [1.29, 1.82) is 0 Å². The van der Waals surface area contributed by atoms with Crippen molar-refractivity contribution in [2.45, 2.75) is 51.9 Å². The van der Waals surface area contributed by atoms with Crippen LogP contribution in [0.25, 0.3) is 0 Å². The maximum atomic E-state index is 12.5. The number of ether oxygens (including phenoxy) is 1. The summed E-state index contributed by atoms with van der Waals surface area (Å²) in [6.45, 7) is 5.78. The number of ketones is 1. The Morgan fingerprint density at radius 1 is 1.32 bits per heavy atom. The first-order chi connectivity index (χ1) is 12.0. The molecule has 1 saturated heterocycles. The maximum Gasteiger partial charge on any atom is 0.166 e. The van der Waals surface area contributed by atoms with Crippen LogP contribution >= 0.6 is 11.6 Å². The lowest BCUT2D eigenvalue weighted by atomic mass is 9.92. The molecule has 140 valence electrons. The largest absolute Gasteiger partial charge is 0.496 e. The zero-order chi connectivity index (χ0) is 18.2. The average Bonchev–Trinajstić information content (AvgIpc) is 2.62. The Hall–Kier alpha value is -1.26. The lowest BCUT2D eigenvalue weighted by Crippen LogP contribution is -2.34. The Kier molecular flexibility index (Phi) is 8.04. The third-order valence-electron chi connectivity index (χ3n) is 5.15. The highest BCUT2D eigenvalue weighted by Crippen LogP contribution is 2.30. The van der Waals surface area contributed by atoms with Crippen LogP contribution in [0.1, 0.15) is 62.2 Å². The number of carbonyl (C=O) groups is 1. The fourth-order valence-electron chi connectivity index (χ4n) is 3.62. The number of Topliss-reactive ketones (excluding diaryl/α,β-unsaturated/α-hetero) is 1. The summed E-state index contributed by atoms with van der Waals surface area (Å²) in [7, 11) is 1.54. The van der Waals surface area contributed by atoms with E-state index >= 15 is 0 Å². The molecule has 0 spiro atoms. The molecule has 0 aromatic heterocycles. The molecule has 1 heterocycles. The Morgan fingerprint density at radius 3 is 2.68 bits per heavy atom. The van der Waals surface area contributed by atoms with E-state index in [0.717, 1.165) is 25.3 Å². The van der Waals surface area contributed by atoms with Crippen LogP contribution in [0.5, 0.6) is 5.75 Å². The molecule has 0 unspecified atom stereocenters. The molecule has 0 bridgehead atoms. The number of nitrogen functional groups attached to an aromatic ring is 1. The minimum absolute atomic E-state index is 0.0698. The van der Waals surface area contributed by atoms with Gasteiger partial charge >= 0.3 is 0 Å². The number of methoxy groups -OCH3 is 1. The Morgan fingerprint density at radius 2 is 2.04 bits per heavy atom. The van der Waals surface area contributed by atoms with Crippen LogP contribution in [0, 0.1) is 5.92 Å². The van der Waals surface area contributed by atoms with Crippen molar-refractivity contribution in [2.24, 2.45) is 5.92 Å². The molecule has 1 aliphatic rings. The number of rotatable bonds is 9. The van der Waals surface area contributed by atoms with Gasteiger partial charge in [-0.05, 0) is 57.3 Å². The Bertz CT molecular complexity index is 569. The van der Waals surface area contributed by atoms with Gasteiger partial charge in [-0.2, -0.15) is 0 Å². The number of nitrogens with zero attached hydrogens (tertiary/aromatic N) is 1. The summed E-state index contributed by atoms with van der Waals surface area (Å²) in [4.78, 5) is 15.0. The van der Waals surface area contributed by atoms with Crippen LogP contribution in [0.2, 0.25) is 5.02 Å². The Labute approximate surface area is 156 Å². The molecule has 0 radical (unpaired) electrons. The van der Waals surface area contributed by atoms with E-state index in [-0.39, 0.29) is 5.78 Å². The van der Waals surface area contributed by atoms with Crippen molar-refractivity contribution in [3.05, 3.63) is 22.7 Å². The topological polar surface area (TPSA) is 55.6 Å². The van der Waals surface area contributed by atoms with Crippen LogP contribution in [0.15, 0.2) is 12.1 Å². The van der Waals surface area contributed by atoms with Gasteiger partial charge in [-0.1, -0.05) is 31.4 Å². The van der Waals surface area contributed by atoms with Crippen molar-refractivity contribution in [3.8, 4) is 5.75 Å². The second-order valence-corrected chi connectivity index (χ2v) is 7.44. The van der Waals surface area contributed by atoms with E-state index in [4.69, 9.17) is 22.1 Å². The number of nitrogens with two attached hydrogens (primary N) is 1. The fraction of sp³-hybridized carbons (Fsp3) is 0.650. The van der Waals surface area contributed by atoms with Gasteiger partial charge in [0, 0.05) is 12.5 Å². The van der Waals surface area contributed by atoms with E-state index in [2.05, 4.69) is 11.8 Å². The molecule has 25 heavy (non-hydrogen) atoms. The van der Waals surface area contributed by atoms with Crippen molar-refractivity contribution in [1.82, 2.24) is 4.90 Å². The van der Waals surface area contributed by atoms with Gasteiger partial charge in [-0.25, -0.2) is 0 Å². The minimum Gasteiger partial charge on any atom is -0.496 e. The number of halogens is 1. The lowest BCUT2D eigenvalue weighted by Gasteiger charge is -2.31. The number of benzene rings is 1. The van der Waals surface area contributed by atoms with Crippen molar-refractivity contribution in [3.63, 3.8) is 0 Å². The highest BCUT2D eigenvalue weighted by Gasteiger charge is 2.18. The van der Waals surface area contributed by atoms with Crippen LogP contribution < -0.4 is 10.5 Å². The molecule has 1 aromatic carbocycles. The quantitative estimate of drug-likeness (QED) is 0.387. The lowest BCUT2D eigenvalue weighted by molar-refractivity contribution is 0.0973. The van der Waals surface area contributed by atoms with E-state index in [0.29, 0.717) is 28.4 Å². The molecule has 1 fully saturated rings. The fourth-order valence-corrected chi connectivity index (χ4v) is 3.78. The standard InChI is InChI=1S/C20H31ClN2O2/c1-3-6-15-8-11-23(12-9-15)10-5-4-7-19(24)16-13-17(21)18(22)14-20(16)25-2/h13-15H,3-12,22H2,1-2H3. The normalized spacial score (nSPS) is 16.1. The molecule has 0 aliphatic carbocycles. The molecule has 0 saturated carbocycles. The molecule has 0 amide bonds. The van der Waals surface area contributed by atoms with E-state index < -0.39 is 0 Å². The average molecular weight is 367 g/mol. The smallest absolute Gasteiger partial charge is 0.166 e. The molecule has 4 nitrogen and oxygen atoms in total. The molecular weight excluding hydrogens is 336 g/mol. The summed E-state index contributed by atoms with van der Waals surface area (Å²) in [6, 6.07) is 3.24. The number of anilines is 1. The zero-order valence-electron chi connectivity index (χ0n) is 15.5. The number of unbranched alkanes of at least 4 members (excludes halogenated alkanes) is 1. The van der Waals surface area contributed by atoms with Gasteiger partial charge in [-0.3, -0.25) is 4.79 Å². The molecule has 1 aromatic rings. The van der Waals surface area contributed by atoms with E-state index in [9.17, 15) is 4.79 Å². The van der Waals surface area contributed by atoms with Crippen molar-refractivity contribution in [2.75, 3.05) is 32.5 Å². The predicted molar refractivity (Wildman–Crippen MR) is 105 cm³/mol. The van der Waals surface area contributed by atoms with Gasteiger partial charge in [0.15, 0.2) is 5.78 Å². The second-order valence-electron chi connectivity index (χ2n) is 7.03. The molecule has 2 rings (SSSR count). The highest BCUT2D eigenvalue weighted by molar-refractivity contribution is 6.33. The van der Waals surface area contributed by atoms with Gasteiger partial charge in [-0.15, -0.1) is 0 Å². The summed E-state index contributed by atoms with van der Waals surface area (Å²) in [5.41, 5.74) is 6.73. The number of piperidine rings is 1. The van der Waals surface area contributed by atoms with Crippen LogP contribution in [-0.2, 0) is 0 Å². The molecule has 1 aliphatic heterocycles. The monoisotopic (exact) mass is 366 g/mol. The second kappa shape index (κ2) is 10.0. The van der Waals surface area contributed by atoms with E-state index in [1.54, 1.807) is 19.2 Å². The third-order valence-corrected chi connectivity index (χ3v) is 5.48. The summed E-state index contributed by atoms with van der Waals surface area (Å²) >= 11 is 6.04.